The topological polar surface area (TPSA) is 41.9 Å². The van der Waals surface area contributed by atoms with Gasteiger partial charge in [-0.15, -0.1) is 0 Å². The molecule has 0 spiro atoms. The Kier molecular flexibility index (Phi) is 5.26. The van der Waals surface area contributed by atoms with Gasteiger partial charge in [0.05, 0.1) is 19.3 Å². The zero-order valence-electron chi connectivity index (χ0n) is 12.6. The summed E-state index contributed by atoms with van der Waals surface area (Å²) < 4.78 is 11.1. The molecule has 1 saturated heterocycles. The number of methoxy groups -OCH3 is 1. The van der Waals surface area contributed by atoms with Gasteiger partial charge in [-0.1, -0.05) is 6.07 Å². The van der Waals surface area contributed by atoms with Gasteiger partial charge in [-0.3, -0.25) is 0 Å². The fraction of sp³-hybridized carbons (Fsp3) is 0.625. The van der Waals surface area contributed by atoms with Gasteiger partial charge in [0.1, 0.15) is 5.75 Å². The second kappa shape index (κ2) is 6.95. The summed E-state index contributed by atoms with van der Waals surface area (Å²) in [5.41, 5.74) is 1.90. The molecule has 112 valence electrons. The lowest BCUT2D eigenvalue weighted by Gasteiger charge is -2.29. The summed E-state index contributed by atoms with van der Waals surface area (Å²) in [7, 11) is 1.64. The van der Waals surface area contributed by atoms with E-state index in [0.717, 1.165) is 49.5 Å². The average Bonchev–Trinajstić information content (AvgIpc) is 2.96. The number of benzene rings is 1. The lowest BCUT2D eigenvalue weighted by atomic mass is 10.0. The van der Waals surface area contributed by atoms with Gasteiger partial charge in [-0.2, -0.15) is 0 Å². The molecule has 1 aromatic carbocycles. The van der Waals surface area contributed by atoms with Gasteiger partial charge in [0.25, 0.3) is 0 Å². The van der Waals surface area contributed by atoms with E-state index in [1.54, 1.807) is 14.0 Å². The number of rotatable bonds is 6. The molecule has 1 aromatic rings. The Morgan fingerprint density at radius 2 is 2.30 bits per heavy atom. The van der Waals surface area contributed by atoms with Crippen LogP contribution in [0.4, 0.5) is 5.69 Å². The quantitative estimate of drug-likeness (QED) is 0.869. The molecule has 0 bridgehead atoms. The van der Waals surface area contributed by atoms with E-state index in [1.165, 1.54) is 0 Å². The maximum absolute atomic E-state index is 10.1. The van der Waals surface area contributed by atoms with Crippen LogP contribution in [-0.2, 0) is 4.74 Å². The van der Waals surface area contributed by atoms with E-state index >= 15 is 0 Å². The minimum atomic E-state index is -0.556. The summed E-state index contributed by atoms with van der Waals surface area (Å²) in [6.45, 7) is 6.52. The van der Waals surface area contributed by atoms with E-state index in [4.69, 9.17) is 9.47 Å². The van der Waals surface area contributed by atoms with Crippen LogP contribution in [0, 0.1) is 0 Å². The molecular weight excluding hydrogens is 254 g/mol. The average molecular weight is 279 g/mol. The van der Waals surface area contributed by atoms with Crippen molar-refractivity contribution in [2.45, 2.75) is 38.9 Å². The number of hydrogen-bond donors (Lipinski definition) is 1. The van der Waals surface area contributed by atoms with Crippen molar-refractivity contribution < 1.29 is 14.6 Å². The van der Waals surface area contributed by atoms with Gasteiger partial charge in [0, 0.05) is 30.9 Å². The lowest BCUT2D eigenvalue weighted by molar-refractivity contribution is 0.115. The minimum absolute atomic E-state index is 0.294. The van der Waals surface area contributed by atoms with E-state index in [-0.39, 0.29) is 0 Å². The monoisotopic (exact) mass is 279 g/mol. The van der Waals surface area contributed by atoms with Crippen LogP contribution in [-0.4, -0.2) is 38.0 Å². The van der Waals surface area contributed by atoms with Gasteiger partial charge in [-0.25, -0.2) is 0 Å². The lowest BCUT2D eigenvalue weighted by Crippen LogP contribution is -2.33. The molecule has 2 rings (SSSR count). The highest BCUT2D eigenvalue weighted by Gasteiger charge is 2.22. The summed E-state index contributed by atoms with van der Waals surface area (Å²) in [5.74, 6) is 0.739. The first-order valence-electron chi connectivity index (χ1n) is 7.38. The van der Waals surface area contributed by atoms with Gasteiger partial charge < -0.3 is 19.5 Å². The number of aliphatic hydroxyl groups excluding tert-OH is 1. The molecule has 4 heteroatoms. The maximum atomic E-state index is 10.1. The first-order chi connectivity index (χ1) is 9.67. The Morgan fingerprint density at radius 1 is 1.50 bits per heavy atom. The maximum Gasteiger partial charge on any atom is 0.126 e. The predicted molar refractivity (Wildman–Crippen MR) is 80.5 cm³/mol. The van der Waals surface area contributed by atoms with Crippen molar-refractivity contribution in [1.29, 1.82) is 0 Å². The van der Waals surface area contributed by atoms with Crippen molar-refractivity contribution in [3.63, 3.8) is 0 Å². The number of ether oxygens (including phenoxy) is 2. The molecule has 0 aromatic heterocycles. The molecule has 20 heavy (non-hydrogen) atoms. The van der Waals surface area contributed by atoms with Gasteiger partial charge in [0.2, 0.25) is 0 Å². The molecule has 1 fully saturated rings. The van der Waals surface area contributed by atoms with Gasteiger partial charge >= 0.3 is 0 Å². The molecule has 1 heterocycles. The van der Waals surface area contributed by atoms with Crippen LogP contribution in [0.15, 0.2) is 18.2 Å². The number of anilines is 1. The molecule has 0 saturated carbocycles. The molecule has 0 radical (unpaired) electrons. The highest BCUT2D eigenvalue weighted by Crippen LogP contribution is 2.35. The second-order valence-electron chi connectivity index (χ2n) is 5.24. The number of nitrogens with zero attached hydrogens (tertiary/aromatic N) is 1. The van der Waals surface area contributed by atoms with Gasteiger partial charge in [-0.05, 0) is 38.8 Å². The van der Waals surface area contributed by atoms with Crippen molar-refractivity contribution in [3.8, 4) is 5.75 Å². The standard InChI is InChI=1S/C16H25NO3/c1-4-17(11-13-7-6-10-20-13)14-8-5-9-15(19-3)16(14)12(2)18/h5,8-9,12-13,18H,4,6-7,10-11H2,1-3H3/t12-,13?/m0/s1. The van der Waals surface area contributed by atoms with Crippen molar-refractivity contribution in [2.75, 3.05) is 31.7 Å². The SMILES string of the molecule is CCN(CC1CCCO1)c1cccc(OC)c1[C@H](C)O. The summed E-state index contributed by atoms with van der Waals surface area (Å²) in [6.07, 6.45) is 2.00. The molecule has 0 amide bonds. The third-order valence-electron chi connectivity index (χ3n) is 3.85. The fourth-order valence-corrected chi connectivity index (χ4v) is 2.84. The highest BCUT2D eigenvalue weighted by atomic mass is 16.5. The summed E-state index contributed by atoms with van der Waals surface area (Å²) >= 11 is 0. The van der Waals surface area contributed by atoms with Crippen molar-refractivity contribution in [3.05, 3.63) is 23.8 Å². The summed E-state index contributed by atoms with van der Waals surface area (Å²) in [5, 5.41) is 10.1. The first-order valence-corrected chi connectivity index (χ1v) is 7.38. The fourth-order valence-electron chi connectivity index (χ4n) is 2.84. The molecule has 0 aliphatic carbocycles. The molecule has 1 aliphatic rings. The minimum Gasteiger partial charge on any atom is -0.496 e. The van der Waals surface area contributed by atoms with Crippen LogP contribution >= 0.6 is 0 Å². The zero-order chi connectivity index (χ0) is 14.5. The van der Waals surface area contributed by atoms with Crippen molar-refractivity contribution in [2.24, 2.45) is 0 Å². The van der Waals surface area contributed by atoms with Gasteiger partial charge in [0.15, 0.2) is 0 Å². The summed E-state index contributed by atoms with van der Waals surface area (Å²) in [6, 6.07) is 5.91. The molecule has 2 atom stereocenters. The van der Waals surface area contributed by atoms with E-state index in [0.29, 0.717) is 6.10 Å². The van der Waals surface area contributed by atoms with Crippen molar-refractivity contribution >= 4 is 5.69 Å². The van der Waals surface area contributed by atoms with E-state index in [9.17, 15) is 5.11 Å². The predicted octanol–water partition coefficient (Wildman–Crippen LogP) is 2.75. The molecule has 1 N–H and O–H groups in total. The third kappa shape index (κ3) is 3.25. The summed E-state index contributed by atoms with van der Waals surface area (Å²) in [4.78, 5) is 2.26. The smallest absolute Gasteiger partial charge is 0.126 e. The van der Waals surface area contributed by atoms with Crippen LogP contribution in [0.3, 0.4) is 0 Å². The largest absolute Gasteiger partial charge is 0.496 e. The molecule has 4 nitrogen and oxygen atoms in total. The Balaban J connectivity index is 2.27. The number of hydrogen-bond acceptors (Lipinski definition) is 4. The Hall–Kier alpha value is -1.26. The Bertz CT molecular complexity index is 428. The van der Waals surface area contributed by atoms with Crippen LogP contribution in [0.1, 0.15) is 38.4 Å². The Labute approximate surface area is 121 Å². The molecular formula is C16H25NO3. The number of aliphatic hydroxyl groups is 1. The zero-order valence-corrected chi connectivity index (χ0v) is 12.6. The Morgan fingerprint density at radius 3 is 2.85 bits per heavy atom. The van der Waals surface area contributed by atoms with E-state index in [2.05, 4.69) is 11.8 Å². The van der Waals surface area contributed by atoms with Crippen LogP contribution in [0.25, 0.3) is 0 Å². The molecule has 1 unspecified atom stereocenters. The second-order valence-corrected chi connectivity index (χ2v) is 5.24. The van der Waals surface area contributed by atoms with Crippen LogP contribution in [0.2, 0.25) is 0 Å². The highest BCUT2D eigenvalue weighted by molar-refractivity contribution is 5.60. The van der Waals surface area contributed by atoms with Crippen LogP contribution in [0.5, 0.6) is 5.75 Å². The van der Waals surface area contributed by atoms with Crippen LogP contribution < -0.4 is 9.64 Å². The molecule has 1 aliphatic heterocycles. The van der Waals surface area contributed by atoms with E-state index < -0.39 is 6.10 Å². The van der Waals surface area contributed by atoms with E-state index in [1.807, 2.05) is 18.2 Å². The third-order valence-corrected chi connectivity index (χ3v) is 3.85. The first kappa shape index (κ1) is 15.1. The number of likely N-dealkylation sites (N-methyl/N-ethyl adjacent to an activating group) is 1. The normalized spacial score (nSPS) is 19.9. The van der Waals surface area contributed by atoms with Crippen molar-refractivity contribution in [1.82, 2.24) is 0 Å².